The number of benzene rings is 1. The monoisotopic (exact) mass is 266 g/mol. The van der Waals surface area contributed by atoms with Gasteiger partial charge < -0.3 is 9.57 Å². The largest absolute Gasteiger partial charge is 0.444 e. The fourth-order valence-electron chi connectivity index (χ4n) is 1.61. The lowest BCUT2D eigenvalue weighted by molar-refractivity contribution is 0.0636. The van der Waals surface area contributed by atoms with Crippen LogP contribution in [-0.4, -0.2) is 18.3 Å². The zero-order valence-electron chi connectivity index (χ0n) is 11.9. The summed E-state index contributed by atoms with van der Waals surface area (Å²) >= 11 is 0. The van der Waals surface area contributed by atoms with E-state index in [9.17, 15) is 4.79 Å². The van der Waals surface area contributed by atoms with Gasteiger partial charge in [0, 0.05) is 5.69 Å². The first-order valence-electron chi connectivity index (χ1n) is 6.23. The van der Waals surface area contributed by atoms with Gasteiger partial charge in [0.2, 0.25) is 0 Å². The maximum absolute atomic E-state index is 11.7. The highest BCUT2D eigenvalue weighted by molar-refractivity contribution is 5.85. The molecule has 0 radical (unpaired) electrons. The van der Waals surface area contributed by atoms with E-state index in [0.29, 0.717) is 6.61 Å². The smallest absolute Gasteiger partial charge is 0.412 e. The van der Waals surface area contributed by atoms with Gasteiger partial charge >= 0.3 is 6.09 Å². The van der Waals surface area contributed by atoms with Gasteiger partial charge in [-0.1, -0.05) is 12.1 Å². The van der Waals surface area contributed by atoms with Crippen molar-refractivity contribution in [3.8, 4) is 0 Å². The van der Waals surface area contributed by atoms with Gasteiger partial charge in [0.15, 0.2) is 0 Å². The Labute approximate surface area is 114 Å². The first-order chi connectivity index (χ1) is 8.81. The molecule has 0 aliphatic rings. The second-order valence-corrected chi connectivity index (χ2v) is 5.40. The molecule has 19 heavy (non-hydrogen) atoms. The molecule has 0 saturated carbocycles. The summed E-state index contributed by atoms with van der Waals surface area (Å²) in [5.74, 6) is 5.00. The van der Waals surface area contributed by atoms with Crippen molar-refractivity contribution in [2.45, 2.75) is 39.7 Å². The highest BCUT2D eigenvalue weighted by atomic mass is 16.6. The van der Waals surface area contributed by atoms with E-state index < -0.39 is 11.7 Å². The minimum Gasteiger partial charge on any atom is -0.444 e. The number of amides is 1. The van der Waals surface area contributed by atoms with Crippen molar-refractivity contribution in [2.24, 2.45) is 5.90 Å². The summed E-state index contributed by atoms with van der Waals surface area (Å²) < 4.78 is 5.21. The molecule has 0 aliphatic carbocycles. The number of nitrogens with one attached hydrogen (secondary N) is 1. The highest BCUT2D eigenvalue weighted by Gasteiger charge is 2.16. The van der Waals surface area contributed by atoms with Crippen molar-refractivity contribution >= 4 is 11.8 Å². The van der Waals surface area contributed by atoms with Crippen molar-refractivity contribution in [1.29, 1.82) is 0 Å². The van der Waals surface area contributed by atoms with Crippen LogP contribution in [0.15, 0.2) is 18.2 Å². The summed E-state index contributed by atoms with van der Waals surface area (Å²) in [5, 5.41) is 2.73. The molecule has 0 aliphatic heterocycles. The van der Waals surface area contributed by atoms with Crippen LogP contribution in [0.5, 0.6) is 0 Å². The molecule has 0 saturated heterocycles. The number of nitrogens with two attached hydrogens (primary N) is 1. The van der Waals surface area contributed by atoms with E-state index in [2.05, 4.69) is 10.2 Å². The minimum absolute atomic E-state index is 0.450. The van der Waals surface area contributed by atoms with E-state index >= 15 is 0 Å². The molecule has 0 spiro atoms. The fraction of sp³-hybridized carbons (Fsp3) is 0.500. The van der Waals surface area contributed by atoms with E-state index in [1.165, 1.54) is 0 Å². The third kappa shape index (κ3) is 5.72. The number of aryl methyl sites for hydroxylation is 1. The molecule has 1 rings (SSSR count). The van der Waals surface area contributed by atoms with Crippen LogP contribution in [0.2, 0.25) is 0 Å². The van der Waals surface area contributed by atoms with Crippen molar-refractivity contribution < 1.29 is 14.4 Å². The van der Waals surface area contributed by atoms with Crippen LogP contribution in [0.25, 0.3) is 0 Å². The number of hydrogen-bond donors (Lipinski definition) is 2. The van der Waals surface area contributed by atoms with Crippen molar-refractivity contribution in [3.63, 3.8) is 0 Å². The van der Waals surface area contributed by atoms with Crippen LogP contribution in [-0.2, 0) is 16.0 Å². The van der Waals surface area contributed by atoms with Gasteiger partial charge in [-0.2, -0.15) is 0 Å². The molecule has 0 fully saturated rings. The predicted octanol–water partition coefficient (Wildman–Crippen LogP) is 2.77. The second kappa shape index (κ2) is 6.54. The molecule has 0 unspecified atom stereocenters. The summed E-state index contributed by atoms with van der Waals surface area (Å²) in [6, 6.07) is 5.77. The van der Waals surface area contributed by atoms with Crippen molar-refractivity contribution in [2.75, 3.05) is 11.9 Å². The highest BCUT2D eigenvalue weighted by Crippen LogP contribution is 2.18. The first kappa shape index (κ1) is 15.5. The summed E-state index contributed by atoms with van der Waals surface area (Å²) in [4.78, 5) is 16.2. The molecule has 0 bridgehead atoms. The Morgan fingerprint density at radius 2 is 2.05 bits per heavy atom. The van der Waals surface area contributed by atoms with E-state index in [0.717, 1.165) is 23.2 Å². The minimum atomic E-state index is -0.504. The van der Waals surface area contributed by atoms with Crippen LogP contribution in [0.4, 0.5) is 10.5 Å². The van der Waals surface area contributed by atoms with Crippen LogP contribution in [0.1, 0.15) is 31.9 Å². The molecule has 106 valence electrons. The topological polar surface area (TPSA) is 73.6 Å². The lowest BCUT2D eigenvalue weighted by atomic mass is 10.1. The average Bonchev–Trinajstić information content (AvgIpc) is 2.27. The number of anilines is 1. The van der Waals surface area contributed by atoms with Crippen LogP contribution >= 0.6 is 0 Å². The molecule has 0 atom stereocenters. The third-order valence-corrected chi connectivity index (χ3v) is 2.44. The van der Waals surface area contributed by atoms with Gasteiger partial charge in [-0.05, 0) is 51.3 Å². The number of ether oxygens (including phenoxy) is 1. The van der Waals surface area contributed by atoms with Gasteiger partial charge in [0.1, 0.15) is 5.60 Å². The Kier molecular flexibility index (Phi) is 5.32. The molecular weight excluding hydrogens is 244 g/mol. The average molecular weight is 266 g/mol. The zero-order valence-corrected chi connectivity index (χ0v) is 11.9. The van der Waals surface area contributed by atoms with Crippen LogP contribution < -0.4 is 11.2 Å². The quantitative estimate of drug-likeness (QED) is 0.822. The van der Waals surface area contributed by atoms with Crippen molar-refractivity contribution in [3.05, 3.63) is 29.3 Å². The molecule has 0 heterocycles. The van der Waals surface area contributed by atoms with Gasteiger partial charge in [0.25, 0.3) is 0 Å². The molecule has 3 N–H and O–H groups in total. The molecule has 1 aromatic carbocycles. The summed E-state index contributed by atoms with van der Waals surface area (Å²) in [6.45, 7) is 7.89. The zero-order chi connectivity index (χ0) is 14.5. The summed E-state index contributed by atoms with van der Waals surface area (Å²) in [5.41, 5.74) is 2.32. The van der Waals surface area contributed by atoms with Gasteiger partial charge in [0.05, 0.1) is 6.61 Å². The Morgan fingerprint density at radius 1 is 1.37 bits per heavy atom. The molecular formula is C14H22N2O3. The maximum atomic E-state index is 11.7. The molecule has 0 aromatic heterocycles. The lowest BCUT2D eigenvalue weighted by Crippen LogP contribution is -2.27. The first-order valence-corrected chi connectivity index (χ1v) is 6.23. The summed E-state index contributed by atoms with van der Waals surface area (Å²) in [6.07, 6.45) is 0.290. The predicted molar refractivity (Wildman–Crippen MR) is 74.9 cm³/mol. The number of hydrogen-bond acceptors (Lipinski definition) is 4. The van der Waals surface area contributed by atoms with Gasteiger partial charge in [-0.3, -0.25) is 5.32 Å². The molecule has 1 aromatic rings. The lowest BCUT2D eigenvalue weighted by Gasteiger charge is -2.20. The molecule has 5 nitrogen and oxygen atoms in total. The fourth-order valence-corrected chi connectivity index (χ4v) is 1.61. The van der Waals surface area contributed by atoms with Gasteiger partial charge in [-0.25, -0.2) is 10.7 Å². The number of carbonyl (C=O) groups excluding carboxylic acids is 1. The Hall–Kier alpha value is -1.59. The van der Waals surface area contributed by atoms with E-state index in [1.807, 2.05) is 45.9 Å². The third-order valence-electron chi connectivity index (χ3n) is 2.44. The van der Waals surface area contributed by atoms with E-state index in [1.54, 1.807) is 0 Å². The molecule has 1 amide bonds. The maximum Gasteiger partial charge on any atom is 0.412 e. The standard InChI is InChI=1S/C14H22N2O3/c1-10-9-11(7-8-18-15)5-6-12(10)16-13(17)19-14(2,3)4/h5-6,9H,7-8,15H2,1-4H3,(H,16,17). The van der Waals surface area contributed by atoms with E-state index in [4.69, 9.17) is 10.6 Å². The Bertz CT molecular complexity index is 439. The van der Waals surface area contributed by atoms with Crippen molar-refractivity contribution in [1.82, 2.24) is 0 Å². The normalized spacial score (nSPS) is 11.2. The summed E-state index contributed by atoms with van der Waals surface area (Å²) in [7, 11) is 0. The number of rotatable bonds is 4. The second-order valence-electron chi connectivity index (χ2n) is 5.40. The Morgan fingerprint density at radius 3 is 2.58 bits per heavy atom. The SMILES string of the molecule is Cc1cc(CCON)ccc1NC(=O)OC(C)(C)C. The number of carbonyl (C=O) groups is 1. The Balaban J connectivity index is 2.67. The molecule has 5 heteroatoms. The van der Waals surface area contributed by atoms with E-state index in [-0.39, 0.29) is 0 Å². The van der Waals surface area contributed by atoms with Crippen LogP contribution in [0.3, 0.4) is 0 Å². The van der Waals surface area contributed by atoms with Crippen LogP contribution in [0, 0.1) is 6.92 Å². The van der Waals surface area contributed by atoms with Gasteiger partial charge in [-0.15, -0.1) is 0 Å².